The molecule has 4 bridgehead atoms. The number of phenolic OH excluding ortho intramolecular Hbond substituents is 1. The molecule has 0 atom stereocenters. The number of halogens is 1. The lowest BCUT2D eigenvalue weighted by Crippen LogP contribution is -2.40. The first kappa shape index (κ1) is 16.5. The van der Waals surface area contributed by atoms with Crippen molar-refractivity contribution in [3.63, 3.8) is 0 Å². The molecule has 0 saturated heterocycles. The first-order valence-corrected chi connectivity index (χ1v) is 9.36. The number of nitriles is 1. The van der Waals surface area contributed by atoms with Crippen LogP contribution in [0.15, 0.2) is 23.8 Å². The number of rotatable bonds is 3. The smallest absolute Gasteiger partial charge is 0.142 e. The Morgan fingerprint density at radius 3 is 2.40 bits per heavy atom. The van der Waals surface area contributed by atoms with E-state index in [0.29, 0.717) is 22.4 Å². The van der Waals surface area contributed by atoms with Gasteiger partial charge in [0.15, 0.2) is 0 Å². The van der Waals surface area contributed by atoms with Crippen molar-refractivity contribution < 1.29 is 9.84 Å². The Bertz CT molecular complexity index is 773. The van der Waals surface area contributed by atoms with E-state index in [-0.39, 0.29) is 5.75 Å². The molecule has 3 nitrogen and oxygen atoms in total. The van der Waals surface area contributed by atoms with E-state index in [4.69, 9.17) is 21.6 Å². The van der Waals surface area contributed by atoms with E-state index in [9.17, 15) is 5.11 Å². The zero-order valence-corrected chi connectivity index (χ0v) is 15.1. The van der Waals surface area contributed by atoms with Crippen molar-refractivity contribution in [3.8, 4) is 11.8 Å². The van der Waals surface area contributed by atoms with Crippen LogP contribution in [0.25, 0.3) is 11.8 Å². The molecule has 0 unspecified atom stereocenters. The van der Waals surface area contributed by atoms with E-state index < -0.39 is 0 Å². The third-order valence-corrected chi connectivity index (χ3v) is 6.60. The second kappa shape index (κ2) is 6.42. The van der Waals surface area contributed by atoms with Crippen LogP contribution in [0.4, 0.5) is 0 Å². The van der Waals surface area contributed by atoms with Gasteiger partial charge in [0, 0.05) is 17.2 Å². The Kier molecular flexibility index (Phi) is 4.25. The molecule has 0 spiro atoms. The van der Waals surface area contributed by atoms with Gasteiger partial charge in [0.2, 0.25) is 0 Å². The quantitative estimate of drug-likeness (QED) is 0.583. The lowest BCUT2D eigenvalue weighted by molar-refractivity contribution is 0.0675. The molecule has 0 aliphatic heterocycles. The van der Waals surface area contributed by atoms with Crippen molar-refractivity contribution in [2.24, 2.45) is 23.7 Å². The van der Waals surface area contributed by atoms with Gasteiger partial charge in [-0.1, -0.05) is 17.7 Å². The summed E-state index contributed by atoms with van der Waals surface area (Å²) in [4.78, 5) is 0. The van der Waals surface area contributed by atoms with Gasteiger partial charge in [0.05, 0.1) is 18.2 Å². The average Bonchev–Trinajstić information content (AvgIpc) is 2.59. The van der Waals surface area contributed by atoms with Gasteiger partial charge >= 0.3 is 0 Å². The molecule has 4 saturated carbocycles. The van der Waals surface area contributed by atoms with E-state index in [2.05, 4.69) is 0 Å². The Labute approximate surface area is 153 Å². The van der Waals surface area contributed by atoms with Gasteiger partial charge in [0.25, 0.3) is 0 Å². The molecule has 1 aromatic carbocycles. The fraction of sp³-hybridized carbons (Fsp3) is 0.476. The zero-order valence-electron chi connectivity index (χ0n) is 14.3. The minimum Gasteiger partial charge on any atom is -0.506 e. The molecule has 5 rings (SSSR count). The van der Waals surface area contributed by atoms with Crippen molar-refractivity contribution in [1.29, 1.82) is 5.26 Å². The molecule has 130 valence electrons. The summed E-state index contributed by atoms with van der Waals surface area (Å²) < 4.78 is 5.83. The molecule has 4 heteroatoms. The Morgan fingerprint density at radius 1 is 1.20 bits per heavy atom. The Morgan fingerprint density at radius 2 is 1.84 bits per heavy atom. The summed E-state index contributed by atoms with van der Waals surface area (Å²) in [5.74, 6) is 3.82. The van der Waals surface area contributed by atoms with Gasteiger partial charge in [-0.2, -0.15) is 5.26 Å². The molecule has 4 fully saturated rings. The molecule has 1 aromatic rings. The van der Waals surface area contributed by atoms with Crippen LogP contribution >= 0.6 is 11.6 Å². The highest BCUT2D eigenvalue weighted by Crippen LogP contribution is 2.58. The second-order valence-corrected chi connectivity index (χ2v) is 8.00. The third-order valence-electron chi connectivity index (χ3n) is 6.21. The maximum absolute atomic E-state index is 10.4. The van der Waals surface area contributed by atoms with Gasteiger partial charge in [-0.15, -0.1) is 0 Å². The molecule has 1 N–H and O–H groups in total. The number of aromatic hydroxyl groups is 1. The average molecular weight is 356 g/mol. The molecular weight excluding hydrogens is 334 g/mol. The molecule has 0 amide bonds. The van der Waals surface area contributed by atoms with Crippen LogP contribution in [-0.2, 0) is 4.74 Å². The molecule has 4 aliphatic rings. The standard InChI is InChI=1S/C21H22ClNO2/c1-25-21(17-5-4-14(3-2-6-23)20(24)19(17)22)18-15-8-12-7-13(10-15)11-16(18)9-12/h2-5,12-13,15-16,24H,7-11H2,1H3/b3-2+,21-18?. The first-order chi connectivity index (χ1) is 12.1. The maximum Gasteiger partial charge on any atom is 0.142 e. The first-order valence-electron chi connectivity index (χ1n) is 8.98. The van der Waals surface area contributed by atoms with Crippen LogP contribution in [0, 0.1) is 35.0 Å². The van der Waals surface area contributed by atoms with Crippen LogP contribution in [0.2, 0.25) is 5.02 Å². The number of ether oxygens (including phenoxy) is 1. The Hall–Kier alpha value is -1.92. The van der Waals surface area contributed by atoms with Crippen molar-refractivity contribution in [2.45, 2.75) is 32.1 Å². The van der Waals surface area contributed by atoms with Gasteiger partial charge in [0.1, 0.15) is 11.5 Å². The fourth-order valence-electron chi connectivity index (χ4n) is 5.46. The van der Waals surface area contributed by atoms with E-state index in [1.807, 2.05) is 12.1 Å². The highest BCUT2D eigenvalue weighted by atomic mass is 35.5. The summed E-state index contributed by atoms with van der Waals surface area (Å²) in [6, 6.07) is 5.62. The summed E-state index contributed by atoms with van der Waals surface area (Å²) in [6.07, 6.45) is 9.36. The molecular formula is C21H22ClNO2. The van der Waals surface area contributed by atoms with Gasteiger partial charge in [-0.25, -0.2) is 0 Å². The van der Waals surface area contributed by atoms with Gasteiger partial charge in [-0.05, 0) is 73.5 Å². The monoisotopic (exact) mass is 355 g/mol. The Balaban J connectivity index is 1.78. The summed E-state index contributed by atoms with van der Waals surface area (Å²) in [6.45, 7) is 0. The zero-order chi connectivity index (χ0) is 17.6. The van der Waals surface area contributed by atoms with E-state index in [0.717, 1.165) is 23.2 Å². The van der Waals surface area contributed by atoms with Crippen LogP contribution < -0.4 is 0 Å². The van der Waals surface area contributed by atoms with Crippen LogP contribution in [0.1, 0.15) is 43.2 Å². The number of phenols is 1. The number of methoxy groups -OCH3 is 1. The second-order valence-electron chi connectivity index (χ2n) is 7.62. The van der Waals surface area contributed by atoms with Crippen molar-refractivity contribution in [2.75, 3.05) is 7.11 Å². The summed E-state index contributed by atoms with van der Waals surface area (Å²) in [5.41, 5.74) is 2.72. The van der Waals surface area contributed by atoms with E-state index >= 15 is 0 Å². The highest BCUT2D eigenvalue weighted by Gasteiger charge is 2.46. The fourth-order valence-corrected chi connectivity index (χ4v) is 5.72. The SMILES string of the molecule is COC(=C1C2CC3CC(C2)CC1C3)c1ccc(/C=C/C#N)c(O)c1Cl. The third kappa shape index (κ3) is 2.73. The molecule has 0 heterocycles. The van der Waals surface area contributed by atoms with Crippen LogP contribution in [0.5, 0.6) is 5.75 Å². The minimum absolute atomic E-state index is 0.00429. The van der Waals surface area contributed by atoms with Crippen molar-refractivity contribution in [3.05, 3.63) is 39.9 Å². The highest BCUT2D eigenvalue weighted by molar-refractivity contribution is 6.34. The topological polar surface area (TPSA) is 53.2 Å². The largest absolute Gasteiger partial charge is 0.506 e. The van der Waals surface area contributed by atoms with E-state index in [1.54, 1.807) is 19.3 Å². The molecule has 0 aromatic heterocycles. The lowest BCUT2D eigenvalue weighted by atomic mass is 9.54. The molecule has 0 radical (unpaired) electrons. The number of hydrogen-bond acceptors (Lipinski definition) is 3. The minimum atomic E-state index is 0.00429. The number of benzene rings is 1. The summed E-state index contributed by atoms with van der Waals surface area (Å²) in [5, 5.41) is 19.4. The summed E-state index contributed by atoms with van der Waals surface area (Å²) in [7, 11) is 1.70. The molecule has 4 aliphatic carbocycles. The van der Waals surface area contributed by atoms with E-state index in [1.165, 1.54) is 43.8 Å². The van der Waals surface area contributed by atoms with Crippen LogP contribution in [-0.4, -0.2) is 12.2 Å². The predicted molar refractivity (Wildman–Crippen MR) is 98.7 cm³/mol. The van der Waals surface area contributed by atoms with Crippen molar-refractivity contribution >= 4 is 23.4 Å². The number of hydrogen-bond donors (Lipinski definition) is 1. The van der Waals surface area contributed by atoms with Crippen LogP contribution in [0.3, 0.4) is 0 Å². The maximum atomic E-state index is 10.4. The lowest BCUT2D eigenvalue weighted by Gasteiger charge is -2.51. The normalized spacial score (nSPS) is 29.9. The van der Waals surface area contributed by atoms with Gasteiger partial charge < -0.3 is 9.84 Å². The number of nitrogens with zero attached hydrogens (tertiary/aromatic N) is 1. The number of allylic oxidation sites excluding steroid dienone is 2. The van der Waals surface area contributed by atoms with Crippen molar-refractivity contribution in [1.82, 2.24) is 0 Å². The molecule has 25 heavy (non-hydrogen) atoms. The predicted octanol–water partition coefficient (Wildman–Crippen LogP) is 5.40. The summed E-state index contributed by atoms with van der Waals surface area (Å²) >= 11 is 6.48. The van der Waals surface area contributed by atoms with Gasteiger partial charge in [-0.3, -0.25) is 0 Å².